The molecule has 0 aliphatic carbocycles. The number of hydrogen-bond donors (Lipinski definition) is 0. The summed E-state index contributed by atoms with van der Waals surface area (Å²) in [7, 11) is 0. The van der Waals surface area contributed by atoms with E-state index in [0.29, 0.717) is 25.0 Å². The molecule has 0 unspecified atom stereocenters. The van der Waals surface area contributed by atoms with Crippen LogP contribution < -0.4 is 0 Å². The largest absolute Gasteiger partial charge is 0.466 e. The molecular weight excluding hydrogens is 232 g/mol. The Hall–Kier alpha value is -2.10. The number of carbonyl (C=O) groups is 2. The van der Waals surface area contributed by atoms with Crippen molar-refractivity contribution in [2.45, 2.75) is 19.8 Å². The van der Waals surface area contributed by atoms with Gasteiger partial charge in [0, 0.05) is 17.4 Å². The molecule has 0 aliphatic rings. The normalized spacial score (nSPS) is 10.5. The molecule has 4 heteroatoms. The lowest BCUT2D eigenvalue weighted by Crippen LogP contribution is -2.04. The highest BCUT2D eigenvalue weighted by Crippen LogP contribution is 2.23. The molecule has 0 saturated heterocycles. The molecule has 0 N–H and O–H groups in total. The van der Waals surface area contributed by atoms with Crippen LogP contribution in [0.4, 0.5) is 0 Å². The fraction of sp³-hybridized carbons (Fsp3) is 0.286. The van der Waals surface area contributed by atoms with Gasteiger partial charge in [-0.15, -0.1) is 0 Å². The van der Waals surface area contributed by atoms with Crippen LogP contribution in [-0.2, 0) is 16.0 Å². The smallest absolute Gasteiger partial charge is 0.306 e. The van der Waals surface area contributed by atoms with Crippen LogP contribution in [0.2, 0.25) is 0 Å². The van der Waals surface area contributed by atoms with Gasteiger partial charge in [0.1, 0.15) is 11.9 Å². The van der Waals surface area contributed by atoms with E-state index in [0.717, 1.165) is 22.8 Å². The average molecular weight is 246 g/mol. The Morgan fingerprint density at radius 3 is 3.00 bits per heavy atom. The molecule has 18 heavy (non-hydrogen) atoms. The second-order valence-corrected chi connectivity index (χ2v) is 3.94. The van der Waals surface area contributed by atoms with Gasteiger partial charge in [0.2, 0.25) is 0 Å². The number of ether oxygens (including phenoxy) is 1. The van der Waals surface area contributed by atoms with E-state index in [4.69, 9.17) is 9.15 Å². The molecule has 1 aromatic carbocycles. The molecular formula is C14H14O4. The summed E-state index contributed by atoms with van der Waals surface area (Å²) in [6.45, 7) is 2.17. The first-order valence-corrected chi connectivity index (χ1v) is 5.85. The average Bonchev–Trinajstić information content (AvgIpc) is 2.79. The molecule has 1 aromatic heterocycles. The maximum Gasteiger partial charge on any atom is 0.306 e. The molecule has 2 aromatic rings. The second-order valence-electron chi connectivity index (χ2n) is 3.94. The van der Waals surface area contributed by atoms with Crippen LogP contribution in [0.15, 0.2) is 28.9 Å². The predicted molar refractivity (Wildman–Crippen MR) is 66.6 cm³/mol. The molecule has 0 saturated carbocycles. The summed E-state index contributed by atoms with van der Waals surface area (Å²) < 4.78 is 10.2. The summed E-state index contributed by atoms with van der Waals surface area (Å²) in [5.41, 5.74) is 2.24. The number of furan rings is 1. The van der Waals surface area contributed by atoms with Crippen LogP contribution in [-0.4, -0.2) is 18.9 Å². The number of rotatable bonds is 5. The zero-order valence-electron chi connectivity index (χ0n) is 10.1. The Bertz CT molecular complexity index is 568. The lowest BCUT2D eigenvalue weighted by Gasteiger charge is -2.00. The van der Waals surface area contributed by atoms with Crippen molar-refractivity contribution in [2.24, 2.45) is 0 Å². The zero-order chi connectivity index (χ0) is 13.0. The van der Waals surface area contributed by atoms with E-state index in [9.17, 15) is 9.59 Å². The first-order chi connectivity index (χ1) is 8.74. The number of esters is 1. The van der Waals surface area contributed by atoms with Crippen LogP contribution in [0, 0.1) is 0 Å². The third-order valence-electron chi connectivity index (χ3n) is 2.72. The minimum atomic E-state index is -0.224. The quantitative estimate of drug-likeness (QED) is 0.601. The van der Waals surface area contributed by atoms with Crippen molar-refractivity contribution in [1.82, 2.24) is 0 Å². The van der Waals surface area contributed by atoms with Gasteiger partial charge in [-0.2, -0.15) is 0 Å². The van der Waals surface area contributed by atoms with Crippen molar-refractivity contribution in [3.8, 4) is 0 Å². The molecule has 94 valence electrons. The summed E-state index contributed by atoms with van der Waals surface area (Å²) in [5, 5.41) is 0.879. The first-order valence-electron chi connectivity index (χ1n) is 5.85. The fourth-order valence-corrected chi connectivity index (χ4v) is 1.84. The van der Waals surface area contributed by atoms with E-state index in [1.54, 1.807) is 31.4 Å². The highest BCUT2D eigenvalue weighted by Gasteiger charge is 2.09. The Morgan fingerprint density at radius 2 is 2.28 bits per heavy atom. The number of carbonyl (C=O) groups excluding carboxylic acids is 2. The number of fused-ring (bicyclic) bond motifs is 1. The summed E-state index contributed by atoms with van der Waals surface area (Å²) in [6.07, 6.45) is 3.28. The van der Waals surface area contributed by atoms with Crippen molar-refractivity contribution in [3.63, 3.8) is 0 Å². The number of aryl methyl sites for hydroxylation is 1. The summed E-state index contributed by atoms with van der Waals surface area (Å²) in [4.78, 5) is 22.0. The lowest BCUT2D eigenvalue weighted by atomic mass is 10.1. The Labute approximate surface area is 105 Å². The zero-order valence-corrected chi connectivity index (χ0v) is 10.1. The minimum Gasteiger partial charge on any atom is -0.466 e. The monoisotopic (exact) mass is 246 g/mol. The molecule has 0 atom stereocenters. The van der Waals surface area contributed by atoms with E-state index in [2.05, 4.69) is 0 Å². The highest BCUT2D eigenvalue weighted by molar-refractivity contribution is 5.88. The predicted octanol–water partition coefficient (Wildman–Crippen LogP) is 2.74. The first kappa shape index (κ1) is 12.4. The van der Waals surface area contributed by atoms with Crippen molar-refractivity contribution in [1.29, 1.82) is 0 Å². The van der Waals surface area contributed by atoms with Crippen molar-refractivity contribution in [2.75, 3.05) is 6.61 Å². The van der Waals surface area contributed by atoms with Gasteiger partial charge in [-0.25, -0.2) is 0 Å². The maximum atomic E-state index is 11.3. The third kappa shape index (κ3) is 2.59. The van der Waals surface area contributed by atoms with Crippen LogP contribution in [0.3, 0.4) is 0 Å². The molecule has 4 nitrogen and oxygen atoms in total. The number of hydrogen-bond acceptors (Lipinski definition) is 4. The van der Waals surface area contributed by atoms with Gasteiger partial charge in [-0.05, 0) is 37.1 Å². The van der Waals surface area contributed by atoms with Gasteiger partial charge in [0.05, 0.1) is 12.9 Å². The molecule has 0 fully saturated rings. The molecule has 1 heterocycles. The van der Waals surface area contributed by atoms with E-state index in [1.807, 2.05) is 0 Å². The topological polar surface area (TPSA) is 56.5 Å². The molecule has 0 amide bonds. The summed E-state index contributed by atoms with van der Waals surface area (Å²) in [5.74, 6) is -0.224. The van der Waals surface area contributed by atoms with E-state index in [1.165, 1.54) is 0 Å². The standard InChI is InChI=1S/C14H14O4/c1-2-17-14(16)6-4-11-9-18-13-5-3-10(8-15)7-12(11)13/h3,5,7-9H,2,4,6H2,1H3. The SMILES string of the molecule is CCOC(=O)CCc1coc2ccc(C=O)cc12. The van der Waals surface area contributed by atoms with Gasteiger partial charge >= 0.3 is 5.97 Å². The van der Waals surface area contributed by atoms with Gasteiger partial charge in [-0.1, -0.05) is 0 Å². The van der Waals surface area contributed by atoms with E-state index in [-0.39, 0.29) is 5.97 Å². The Kier molecular flexibility index (Phi) is 3.77. The maximum absolute atomic E-state index is 11.3. The fourth-order valence-electron chi connectivity index (χ4n) is 1.84. The third-order valence-corrected chi connectivity index (χ3v) is 2.72. The van der Waals surface area contributed by atoms with Crippen LogP contribution >= 0.6 is 0 Å². The molecule has 0 aliphatic heterocycles. The van der Waals surface area contributed by atoms with Crippen LogP contribution in [0.5, 0.6) is 0 Å². The molecule has 0 radical (unpaired) electrons. The van der Waals surface area contributed by atoms with E-state index >= 15 is 0 Å². The van der Waals surface area contributed by atoms with Crippen molar-refractivity contribution < 1.29 is 18.7 Å². The Morgan fingerprint density at radius 1 is 1.44 bits per heavy atom. The lowest BCUT2D eigenvalue weighted by molar-refractivity contribution is -0.143. The van der Waals surface area contributed by atoms with Gasteiger partial charge in [0.25, 0.3) is 0 Å². The van der Waals surface area contributed by atoms with Crippen molar-refractivity contribution in [3.05, 3.63) is 35.6 Å². The van der Waals surface area contributed by atoms with Crippen molar-refractivity contribution >= 4 is 23.2 Å². The minimum absolute atomic E-state index is 0.224. The van der Waals surface area contributed by atoms with Gasteiger partial charge in [-0.3, -0.25) is 9.59 Å². The van der Waals surface area contributed by atoms with Gasteiger partial charge < -0.3 is 9.15 Å². The van der Waals surface area contributed by atoms with Gasteiger partial charge in [0.15, 0.2) is 0 Å². The van der Waals surface area contributed by atoms with E-state index < -0.39 is 0 Å². The summed E-state index contributed by atoms with van der Waals surface area (Å²) in [6, 6.07) is 5.23. The number of aldehydes is 1. The number of benzene rings is 1. The van der Waals surface area contributed by atoms with Crippen LogP contribution in [0.1, 0.15) is 29.3 Å². The molecule has 0 bridgehead atoms. The second kappa shape index (κ2) is 5.49. The Balaban J connectivity index is 2.17. The highest BCUT2D eigenvalue weighted by atomic mass is 16.5. The molecule has 2 rings (SSSR count). The molecule has 0 spiro atoms. The van der Waals surface area contributed by atoms with Crippen LogP contribution in [0.25, 0.3) is 11.0 Å². The summed E-state index contributed by atoms with van der Waals surface area (Å²) >= 11 is 0.